The van der Waals surface area contributed by atoms with E-state index in [9.17, 15) is 9.18 Å². The molecule has 3 unspecified atom stereocenters. The van der Waals surface area contributed by atoms with Gasteiger partial charge in [-0.3, -0.25) is 9.69 Å². The van der Waals surface area contributed by atoms with Crippen LogP contribution in [0.1, 0.15) is 87.4 Å². The standard InChI is InChI=1S/C30H45F2N7O2/c31-21-15-34-28-25(27(33)37-39(28)17-21)29(40)36-26-24(20-9-13-38(14-10-20)22-18-41-19-22)23(32)16-35-30(26)11-7-5-3-1-2-4-6-8-12-30/h15,17,20,22-24,26,35H,1-14,16,18-19H2,(H2,33,37)(H,36,40). The minimum absolute atomic E-state index is 0.00904. The summed E-state index contributed by atoms with van der Waals surface area (Å²) in [7, 11) is 0. The van der Waals surface area contributed by atoms with Crippen molar-refractivity contribution < 1.29 is 18.3 Å². The number of anilines is 1. The summed E-state index contributed by atoms with van der Waals surface area (Å²) >= 11 is 0. The SMILES string of the molecule is Nc1nn2cc(F)cnc2c1C(=O)NC1C(C2CCN(C3COC3)CC2)C(F)CNC12CCCCCCCCCC2. The van der Waals surface area contributed by atoms with E-state index >= 15 is 4.39 Å². The summed E-state index contributed by atoms with van der Waals surface area (Å²) in [4.78, 5) is 20.6. The molecule has 0 aromatic carbocycles. The number of aromatic nitrogens is 3. The molecule has 4 aliphatic rings. The molecule has 0 radical (unpaired) electrons. The average Bonchev–Trinajstić information content (AvgIpc) is 3.23. The molecular weight excluding hydrogens is 528 g/mol. The number of fused-ring (bicyclic) bond motifs is 1. The molecule has 1 aliphatic carbocycles. The minimum Gasteiger partial charge on any atom is -0.381 e. The number of nitrogens with one attached hydrogen (secondary N) is 2. The molecule has 1 spiro atoms. The number of hydrogen-bond acceptors (Lipinski definition) is 7. The van der Waals surface area contributed by atoms with Crippen molar-refractivity contribution in [3.63, 3.8) is 0 Å². The number of carbonyl (C=O) groups is 1. The summed E-state index contributed by atoms with van der Waals surface area (Å²) in [6, 6.07) is 0.0723. The molecule has 6 rings (SSSR count). The quantitative estimate of drug-likeness (QED) is 0.510. The summed E-state index contributed by atoms with van der Waals surface area (Å²) in [6.45, 7) is 3.74. The predicted octanol–water partition coefficient (Wildman–Crippen LogP) is 3.87. The van der Waals surface area contributed by atoms with Crippen molar-refractivity contribution in [2.45, 2.75) is 101 Å². The average molecular weight is 574 g/mol. The van der Waals surface area contributed by atoms with E-state index in [-0.39, 0.29) is 28.9 Å². The molecular formula is C30H45F2N7O2. The minimum atomic E-state index is -1.07. The van der Waals surface area contributed by atoms with Crippen molar-refractivity contribution in [2.24, 2.45) is 11.8 Å². The van der Waals surface area contributed by atoms with E-state index in [1.807, 2.05) is 0 Å². The second kappa shape index (κ2) is 12.5. The Kier molecular flexibility index (Phi) is 8.74. The van der Waals surface area contributed by atoms with Crippen molar-refractivity contribution in [3.8, 4) is 0 Å². The van der Waals surface area contributed by atoms with Crippen LogP contribution in [0, 0.1) is 17.7 Å². The highest BCUT2D eigenvalue weighted by Gasteiger charge is 2.52. The first-order chi connectivity index (χ1) is 19.9. The third-order valence-corrected chi connectivity index (χ3v) is 10.3. The Balaban J connectivity index is 1.31. The molecule has 3 aliphatic heterocycles. The molecule has 2 aromatic rings. The Morgan fingerprint density at radius 3 is 2.37 bits per heavy atom. The molecule has 4 fully saturated rings. The highest BCUT2D eigenvalue weighted by Crippen LogP contribution is 2.42. The lowest BCUT2D eigenvalue weighted by molar-refractivity contribution is -0.0823. The molecule has 1 saturated carbocycles. The third-order valence-electron chi connectivity index (χ3n) is 10.3. The lowest BCUT2D eigenvalue weighted by atomic mass is 9.65. The van der Waals surface area contributed by atoms with Gasteiger partial charge in [-0.15, -0.1) is 5.10 Å². The van der Waals surface area contributed by atoms with Gasteiger partial charge in [0.15, 0.2) is 17.3 Å². The first kappa shape index (κ1) is 28.7. The topological polar surface area (TPSA) is 110 Å². The number of likely N-dealkylation sites (tertiary alicyclic amines) is 1. The van der Waals surface area contributed by atoms with Gasteiger partial charge < -0.3 is 21.1 Å². The number of hydrogen-bond donors (Lipinski definition) is 3. The lowest BCUT2D eigenvalue weighted by Crippen LogP contribution is -2.71. The monoisotopic (exact) mass is 573 g/mol. The molecule has 9 nitrogen and oxygen atoms in total. The zero-order valence-electron chi connectivity index (χ0n) is 24.0. The van der Waals surface area contributed by atoms with E-state index in [4.69, 9.17) is 10.5 Å². The van der Waals surface area contributed by atoms with E-state index < -0.39 is 29.5 Å². The Morgan fingerprint density at radius 2 is 1.73 bits per heavy atom. The molecule has 2 aromatic heterocycles. The van der Waals surface area contributed by atoms with E-state index in [0.29, 0.717) is 12.6 Å². The first-order valence-electron chi connectivity index (χ1n) is 15.8. The maximum Gasteiger partial charge on any atom is 0.259 e. The zero-order valence-corrected chi connectivity index (χ0v) is 24.0. The maximum absolute atomic E-state index is 16.2. The zero-order chi connectivity index (χ0) is 28.4. The first-order valence-corrected chi connectivity index (χ1v) is 15.8. The van der Waals surface area contributed by atoms with Crippen LogP contribution < -0.4 is 16.4 Å². The van der Waals surface area contributed by atoms with Gasteiger partial charge in [-0.1, -0.05) is 51.4 Å². The molecule has 3 atom stereocenters. The van der Waals surface area contributed by atoms with E-state index in [0.717, 1.165) is 90.1 Å². The second-order valence-electron chi connectivity index (χ2n) is 12.8. The van der Waals surface area contributed by atoms with Crippen molar-refractivity contribution in [2.75, 3.05) is 38.6 Å². The normalized spacial score (nSPS) is 29.2. The number of nitrogen functional groups attached to an aromatic ring is 1. The van der Waals surface area contributed by atoms with Crippen LogP contribution in [0.4, 0.5) is 14.6 Å². The molecule has 11 heteroatoms. The third kappa shape index (κ3) is 5.95. The van der Waals surface area contributed by atoms with E-state index in [1.165, 1.54) is 30.2 Å². The number of rotatable bonds is 4. The summed E-state index contributed by atoms with van der Waals surface area (Å²) < 4.78 is 36.6. The van der Waals surface area contributed by atoms with Crippen LogP contribution >= 0.6 is 0 Å². The summed E-state index contributed by atoms with van der Waals surface area (Å²) in [5.74, 6) is -1.14. The molecule has 0 bridgehead atoms. The largest absolute Gasteiger partial charge is 0.381 e. The van der Waals surface area contributed by atoms with E-state index in [2.05, 4.69) is 25.6 Å². The van der Waals surface area contributed by atoms with Crippen LogP contribution in [-0.4, -0.2) is 82.0 Å². The van der Waals surface area contributed by atoms with Gasteiger partial charge in [-0.25, -0.2) is 18.3 Å². The van der Waals surface area contributed by atoms with Gasteiger partial charge in [0.2, 0.25) is 0 Å². The lowest BCUT2D eigenvalue weighted by Gasteiger charge is -2.54. The maximum atomic E-state index is 16.2. The van der Waals surface area contributed by atoms with Crippen LogP contribution in [0.5, 0.6) is 0 Å². The van der Waals surface area contributed by atoms with E-state index in [1.54, 1.807) is 0 Å². The molecule has 3 saturated heterocycles. The number of alkyl halides is 1. The predicted molar refractivity (Wildman–Crippen MR) is 153 cm³/mol. The number of piperidine rings is 2. The number of nitrogens with two attached hydrogens (primary N) is 1. The fourth-order valence-electron chi connectivity index (χ4n) is 7.94. The molecule has 5 heterocycles. The summed E-state index contributed by atoms with van der Waals surface area (Å²) in [5, 5.41) is 11.1. The van der Waals surface area contributed by atoms with Crippen LogP contribution in [0.3, 0.4) is 0 Å². The highest BCUT2D eigenvalue weighted by molar-refractivity contribution is 6.04. The van der Waals surface area contributed by atoms with Crippen molar-refractivity contribution >= 4 is 17.4 Å². The Hall–Kier alpha value is -2.37. The molecule has 4 N–H and O–H groups in total. The van der Waals surface area contributed by atoms with Gasteiger partial charge >= 0.3 is 0 Å². The number of nitrogens with zero attached hydrogens (tertiary/aromatic N) is 4. The number of amides is 1. The van der Waals surface area contributed by atoms with Crippen LogP contribution in [0.2, 0.25) is 0 Å². The summed E-state index contributed by atoms with van der Waals surface area (Å²) in [5.41, 5.74) is 6.11. The molecule has 226 valence electrons. The van der Waals surface area contributed by atoms with Gasteiger partial charge in [0.25, 0.3) is 5.91 Å². The van der Waals surface area contributed by atoms with Gasteiger partial charge in [0, 0.05) is 18.0 Å². The van der Waals surface area contributed by atoms with Crippen LogP contribution in [-0.2, 0) is 4.74 Å². The fraction of sp³-hybridized carbons (Fsp3) is 0.767. The van der Waals surface area contributed by atoms with Crippen molar-refractivity contribution in [1.82, 2.24) is 30.1 Å². The Labute approximate surface area is 240 Å². The van der Waals surface area contributed by atoms with Gasteiger partial charge in [0.05, 0.1) is 37.7 Å². The number of carbonyl (C=O) groups excluding carboxylic acids is 1. The van der Waals surface area contributed by atoms with Gasteiger partial charge in [0.1, 0.15) is 11.7 Å². The van der Waals surface area contributed by atoms with Gasteiger partial charge in [-0.05, 0) is 44.7 Å². The Morgan fingerprint density at radius 1 is 1.07 bits per heavy atom. The van der Waals surface area contributed by atoms with Crippen LogP contribution in [0.15, 0.2) is 12.4 Å². The summed E-state index contributed by atoms with van der Waals surface area (Å²) in [6.07, 6.45) is 14.1. The smallest absolute Gasteiger partial charge is 0.259 e. The second-order valence-corrected chi connectivity index (χ2v) is 12.8. The fourth-order valence-corrected chi connectivity index (χ4v) is 7.94. The number of halogens is 2. The van der Waals surface area contributed by atoms with Gasteiger partial charge in [-0.2, -0.15) is 0 Å². The Bertz CT molecular complexity index is 1180. The van der Waals surface area contributed by atoms with Crippen molar-refractivity contribution in [3.05, 3.63) is 23.8 Å². The molecule has 41 heavy (non-hydrogen) atoms. The van der Waals surface area contributed by atoms with Crippen LogP contribution in [0.25, 0.3) is 5.65 Å². The molecule has 1 amide bonds. The number of ether oxygens (including phenoxy) is 1. The highest BCUT2D eigenvalue weighted by atomic mass is 19.1. The van der Waals surface area contributed by atoms with Crippen molar-refractivity contribution in [1.29, 1.82) is 0 Å².